The van der Waals surface area contributed by atoms with Gasteiger partial charge in [-0.1, -0.05) is 42.5 Å². The number of rotatable bonds is 6. The second kappa shape index (κ2) is 9.08. The fourth-order valence-corrected chi connectivity index (χ4v) is 3.71. The Morgan fingerprint density at radius 1 is 0.879 bits per heavy atom. The molecule has 166 valence electrons. The first-order valence-corrected chi connectivity index (χ1v) is 10.7. The van der Waals surface area contributed by atoms with E-state index in [0.717, 1.165) is 16.5 Å². The Bertz CT molecular complexity index is 1280. The van der Waals surface area contributed by atoms with Crippen molar-refractivity contribution in [1.29, 1.82) is 0 Å². The van der Waals surface area contributed by atoms with Crippen molar-refractivity contribution < 1.29 is 23.5 Å². The van der Waals surface area contributed by atoms with Gasteiger partial charge in [-0.25, -0.2) is 0 Å². The zero-order valence-corrected chi connectivity index (χ0v) is 17.8. The van der Waals surface area contributed by atoms with Gasteiger partial charge in [0.15, 0.2) is 17.3 Å². The Labute approximate surface area is 190 Å². The Hall–Kier alpha value is -4.26. The fraction of sp³-hybridized carbons (Fsp3) is 0.154. The van der Waals surface area contributed by atoms with E-state index in [1.54, 1.807) is 18.2 Å². The van der Waals surface area contributed by atoms with Crippen molar-refractivity contribution in [3.8, 4) is 11.5 Å². The number of carbonyl (C=O) groups is 2. The summed E-state index contributed by atoms with van der Waals surface area (Å²) in [5, 5.41) is 6.61. The number of fused-ring (bicyclic) bond motifs is 2. The smallest absolute Gasteiger partial charge is 0.291 e. The number of hydrogen-bond donors (Lipinski definition) is 2. The predicted molar refractivity (Wildman–Crippen MR) is 124 cm³/mol. The van der Waals surface area contributed by atoms with Crippen molar-refractivity contribution in [2.75, 3.05) is 18.5 Å². The number of furan rings is 1. The molecule has 0 aliphatic carbocycles. The van der Waals surface area contributed by atoms with Gasteiger partial charge in [0.2, 0.25) is 5.91 Å². The third-order valence-corrected chi connectivity index (χ3v) is 5.35. The highest BCUT2D eigenvalue weighted by Crippen LogP contribution is 2.33. The van der Waals surface area contributed by atoms with Gasteiger partial charge < -0.3 is 24.5 Å². The van der Waals surface area contributed by atoms with Crippen molar-refractivity contribution in [3.63, 3.8) is 0 Å². The lowest BCUT2D eigenvalue weighted by Crippen LogP contribution is -2.25. The molecule has 2 heterocycles. The number of hydrogen-bond acceptors (Lipinski definition) is 5. The molecule has 2 N–H and O–H groups in total. The SMILES string of the molecule is O=C(Cc1ccc(NC(=O)c2cc3ccccc3o2)cc1)NCc1cccc2c1OCCO2. The summed E-state index contributed by atoms with van der Waals surface area (Å²) in [6.45, 7) is 1.38. The molecule has 0 radical (unpaired) electrons. The van der Waals surface area contributed by atoms with Gasteiger partial charge in [-0.15, -0.1) is 0 Å². The molecule has 0 saturated heterocycles. The monoisotopic (exact) mass is 442 g/mol. The fourth-order valence-electron chi connectivity index (χ4n) is 3.71. The van der Waals surface area contributed by atoms with Crippen LogP contribution < -0.4 is 20.1 Å². The van der Waals surface area contributed by atoms with Crippen LogP contribution in [0.1, 0.15) is 21.7 Å². The van der Waals surface area contributed by atoms with E-state index in [-0.39, 0.29) is 24.0 Å². The first kappa shape index (κ1) is 20.6. The summed E-state index contributed by atoms with van der Waals surface area (Å²) in [6.07, 6.45) is 0.226. The maximum absolute atomic E-state index is 12.5. The third-order valence-electron chi connectivity index (χ3n) is 5.35. The van der Waals surface area contributed by atoms with Crippen LogP contribution in [-0.2, 0) is 17.8 Å². The summed E-state index contributed by atoms with van der Waals surface area (Å²) in [4.78, 5) is 24.9. The molecule has 0 spiro atoms. The van der Waals surface area contributed by atoms with E-state index in [1.807, 2.05) is 54.6 Å². The highest BCUT2D eigenvalue weighted by molar-refractivity contribution is 6.04. The molecule has 0 bridgehead atoms. The molecule has 33 heavy (non-hydrogen) atoms. The molecule has 0 fully saturated rings. The van der Waals surface area contributed by atoms with Crippen LogP contribution in [-0.4, -0.2) is 25.0 Å². The van der Waals surface area contributed by atoms with Crippen LogP contribution in [0.2, 0.25) is 0 Å². The Morgan fingerprint density at radius 2 is 1.70 bits per heavy atom. The lowest BCUT2D eigenvalue weighted by molar-refractivity contribution is -0.120. The van der Waals surface area contributed by atoms with Crippen LogP contribution in [0.4, 0.5) is 5.69 Å². The van der Waals surface area contributed by atoms with Crippen LogP contribution >= 0.6 is 0 Å². The molecule has 0 saturated carbocycles. The molecule has 1 aliphatic rings. The highest BCUT2D eigenvalue weighted by atomic mass is 16.6. The molecular formula is C26H22N2O5. The summed E-state index contributed by atoms with van der Waals surface area (Å²) in [5.74, 6) is 1.21. The van der Waals surface area contributed by atoms with Gasteiger partial charge in [0.25, 0.3) is 5.91 Å². The van der Waals surface area contributed by atoms with Gasteiger partial charge in [0, 0.05) is 23.2 Å². The summed E-state index contributed by atoms with van der Waals surface area (Å²) < 4.78 is 16.9. The molecule has 0 atom stereocenters. The van der Waals surface area contributed by atoms with Crippen molar-refractivity contribution >= 4 is 28.5 Å². The molecule has 3 aromatic carbocycles. The summed E-state index contributed by atoms with van der Waals surface area (Å²) >= 11 is 0. The summed E-state index contributed by atoms with van der Waals surface area (Å²) in [7, 11) is 0. The minimum absolute atomic E-state index is 0.108. The average Bonchev–Trinajstić information content (AvgIpc) is 3.29. The van der Waals surface area contributed by atoms with Gasteiger partial charge in [-0.2, -0.15) is 0 Å². The predicted octanol–water partition coefficient (Wildman–Crippen LogP) is 4.32. The minimum Gasteiger partial charge on any atom is -0.486 e. The summed E-state index contributed by atoms with van der Waals surface area (Å²) in [5.41, 5.74) is 3.00. The second-order valence-electron chi connectivity index (χ2n) is 7.69. The molecule has 1 aliphatic heterocycles. The van der Waals surface area contributed by atoms with Crippen molar-refractivity contribution in [3.05, 3.63) is 89.7 Å². The molecule has 7 nitrogen and oxygen atoms in total. The number of nitrogens with one attached hydrogen (secondary N) is 2. The van der Waals surface area contributed by atoms with Crippen molar-refractivity contribution in [2.45, 2.75) is 13.0 Å². The second-order valence-corrected chi connectivity index (χ2v) is 7.69. The highest BCUT2D eigenvalue weighted by Gasteiger charge is 2.16. The van der Waals surface area contributed by atoms with Crippen LogP contribution in [0.3, 0.4) is 0 Å². The Kier molecular flexibility index (Phi) is 5.68. The molecule has 7 heteroatoms. The quantitative estimate of drug-likeness (QED) is 0.464. The molecule has 4 aromatic rings. The lowest BCUT2D eigenvalue weighted by Gasteiger charge is -2.21. The first-order chi connectivity index (χ1) is 16.2. The third kappa shape index (κ3) is 4.67. The van der Waals surface area contributed by atoms with Crippen LogP contribution in [0.5, 0.6) is 11.5 Å². The molecule has 2 amide bonds. The van der Waals surface area contributed by atoms with E-state index in [1.165, 1.54) is 0 Å². The van der Waals surface area contributed by atoms with E-state index in [2.05, 4.69) is 10.6 Å². The number of anilines is 1. The summed E-state index contributed by atoms with van der Waals surface area (Å²) in [6, 6.07) is 22.0. The Balaban J connectivity index is 1.16. The number of amides is 2. The van der Waals surface area contributed by atoms with Gasteiger partial charge in [-0.3, -0.25) is 9.59 Å². The maximum Gasteiger partial charge on any atom is 0.291 e. The first-order valence-electron chi connectivity index (χ1n) is 10.7. The number of benzene rings is 3. The number of carbonyl (C=O) groups excluding carboxylic acids is 2. The minimum atomic E-state index is -0.325. The van der Waals surface area contributed by atoms with Crippen LogP contribution in [0.15, 0.2) is 77.2 Å². The molecule has 0 unspecified atom stereocenters. The molecule has 5 rings (SSSR count). The van der Waals surface area contributed by atoms with E-state index < -0.39 is 0 Å². The topological polar surface area (TPSA) is 89.8 Å². The normalized spacial score (nSPS) is 12.4. The van der Waals surface area contributed by atoms with Gasteiger partial charge in [0.1, 0.15) is 18.8 Å². The van der Waals surface area contributed by atoms with E-state index in [9.17, 15) is 9.59 Å². The maximum atomic E-state index is 12.5. The van der Waals surface area contributed by atoms with Crippen molar-refractivity contribution in [1.82, 2.24) is 5.32 Å². The van der Waals surface area contributed by atoms with Gasteiger partial charge in [0.05, 0.1) is 6.42 Å². The van der Waals surface area contributed by atoms with Gasteiger partial charge in [-0.05, 0) is 35.9 Å². The van der Waals surface area contributed by atoms with E-state index >= 15 is 0 Å². The lowest BCUT2D eigenvalue weighted by atomic mass is 10.1. The number of ether oxygens (including phenoxy) is 2. The zero-order chi connectivity index (χ0) is 22.6. The average molecular weight is 442 g/mol. The standard InChI is InChI=1S/C26H22N2O5/c29-24(27-16-19-5-3-7-22-25(19)32-13-12-31-22)14-17-8-10-20(11-9-17)28-26(30)23-15-18-4-1-2-6-21(18)33-23/h1-11,15H,12-14,16H2,(H,27,29)(H,28,30). The van der Waals surface area contributed by atoms with Gasteiger partial charge >= 0.3 is 0 Å². The Morgan fingerprint density at radius 3 is 2.55 bits per heavy atom. The van der Waals surface area contributed by atoms with Crippen LogP contribution in [0.25, 0.3) is 11.0 Å². The zero-order valence-electron chi connectivity index (χ0n) is 17.8. The van der Waals surface area contributed by atoms with E-state index in [4.69, 9.17) is 13.9 Å². The van der Waals surface area contributed by atoms with E-state index in [0.29, 0.717) is 42.5 Å². The molecule has 1 aromatic heterocycles. The van der Waals surface area contributed by atoms with Crippen molar-refractivity contribution in [2.24, 2.45) is 0 Å². The van der Waals surface area contributed by atoms with Crippen LogP contribution in [0, 0.1) is 0 Å². The molecular weight excluding hydrogens is 420 g/mol. The largest absolute Gasteiger partial charge is 0.486 e. The number of para-hydroxylation sites is 2.